The first-order chi connectivity index (χ1) is 14.6. The summed E-state index contributed by atoms with van der Waals surface area (Å²) in [5, 5.41) is 0.752. The summed E-state index contributed by atoms with van der Waals surface area (Å²) in [6.07, 6.45) is 7.40. The molecule has 0 N–H and O–H groups in total. The molecule has 0 aromatic carbocycles. The maximum atomic E-state index is 6.48. The van der Waals surface area contributed by atoms with Gasteiger partial charge in [0.2, 0.25) is 0 Å². The van der Waals surface area contributed by atoms with Crippen molar-refractivity contribution >= 4 is 23.1 Å². The number of halogens is 1. The topological polar surface area (TPSA) is 39.9 Å². The van der Waals surface area contributed by atoms with E-state index in [0.717, 1.165) is 67.5 Å². The zero-order valence-electron chi connectivity index (χ0n) is 17.7. The van der Waals surface area contributed by atoms with Gasteiger partial charge in [-0.15, -0.1) is 0 Å². The molecule has 3 aromatic rings. The summed E-state index contributed by atoms with van der Waals surface area (Å²) in [6.45, 7) is 4.28. The van der Waals surface area contributed by atoms with Crippen LogP contribution in [0.2, 0.25) is 5.02 Å². The third-order valence-corrected chi connectivity index (χ3v) is 7.02. The van der Waals surface area contributed by atoms with Crippen molar-refractivity contribution in [3.63, 3.8) is 0 Å². The Morgan fingerprint density at radius 1 is 0.967 bits per heavy atom. The summed E-state index contributed by atoms with van der Waals surface area (Å²) < 4.78 is 2.27. The average molecular weight is 425 g/mol. The number of anilines is 1. The fourth-order valence-corrected chi connectivity index (χ4v) is 5.17. The lowest BCUT2D eigenvalue weighted by Crippen LogP contribution is -2.45. The van der Waals surface area contributed by atoms with E-state index < -0.39 is 0 Å². The quantitative estimate of drug-likeness (QED) is 0.634. The molecule has 2 saturated heterocycles. The van der Waals surface area contributed by atoms with Gasteiger partial charge < -0.3 is 9.80 Å². The molecule has 0 spiro atoms. The van der Waals surface area contributed by atoms with E-state index in [0.29, 0.717) is 0 Å². The molecule has 30 heavy (non-hydrogen) atoms. The summed E-state index contributed by atoms with van der Waals surface area (Å²) in [4.78, 5) is 16.9. The van der Waals surface area contributed by atoms with E-state index in [2.05, 4.69) is 62.6 Å². The van der Waals surface area contributed by atoms with Crippen LogP contribution < -0.4 is 4.90 Å². The van der Waals surface area contributed by atoms with Crippen LogP contribution in [0.15, 0.2) is 42.7 Å². The van der Waals surface area contributed by atoms with Crippen molar-refractivity contribution in [1.29, 1.82) is 0 Å². The predicted octanol–water partition coefficient (Wildman–Crippen LogP) is 4.03. The summed E-state index contributed by atoms with van der Waals surface area (Å²) in [5.41, 5.74) is 3.14. The number of piperazine rings is 1. The number of aromatic nitrogens is 3. The molecular formula is C23H29ClN6. The van der Waals surface area contributed by atoms with Crippen LogP contribution in [0.3, 0.4) is 0 Å². The first-order valence-electron chi connectivity index (χ1n) is 10.9. The smallest absolute Gasteiger partial charge is 0.138 e. The van der Waals surface area contributed by atoms with E-state index in [4.69, 9.17) is 16.6 Å². The fourth-order valence-electron chi connectivity index (χ4n) is 4.93. The van der Waals surface area contributed by atoms with Crippen molar-refractivity contribution < 1.29 is 0 Å². The number of likely N-dealkylation sites (tertiary alicyclic amines) is 1. The molecule has 2 fully saturated rings. The molecule has 2 atom stereocenters. The number of imidazole rings is 1. The Balaban J connectivity index is 1.46. The minimum Gasteiger partial charge on any atom is -0.355 e. The number of fused-ring (bicyclic) bond motifs is 1. The van der Waals surface area contributed by atoms with E-state index in [1.807, 2.05) is 18.3 Å². The predicted molar refractivity (Wildman–Crippen MR) is 121 cm³/mol. The second kappa shape index (κ2) is 8.17. The lowest BCUT2D eigenvalue weighted by Gasteiger charge is -2.38. The molecule has 0 radical (unpaired) electrons. The van der Waals surface area contributed by atoms with Crippen molar-refractivity contribution in [3.8, 4) is 0 Å². The molecule has 3 aromatic heterocycles. The third kappa shape index (κ3) is 3.57. The van der Waals surface area contributed by atoms with E-state index >= 15 is 0 Å². The van der Waals surface area contributed by atoms with E-state index in [-0.39, 0.29) is 12.1 Å². The number of hydrogen-bond donors (Lipinski definition) is 0. The maximum Gasteiger partial charge on any atom is 0.138 e. The molecule has 2 aliphatic rings. The van der Waals surface area contributed by atoms with Gasteiger partial charge in [0.15, 0.2) is 0 Å². The number of rotatable bonds is 3. The number of hydrogen-bond acceptors (Lipinski definition) is 5. The lowest BCUT2D eigenvalue weighted by atomic mass is 9.92. The summed E-state index contributed by atoms with van der Waals surface area (Å²) in [6, 6.07) is 10.8. The standard InChI is InChI=1S/C23H29ClN6/c1-27-12-14-29(15-13-27)22-10-4-9-21-26-18(16-30(21)22)19-7-3-8-20(28(19)2)23-17(24)6-5-11-25-23/h4-6,9-11,16,19-20H,3,7-8,12-15H2,1-2H3. The van der Waals surface area contributed by atoms with E-state index in [9.17, 15) is 0 Å². The van der Waals surface area contributed by atoms with Crippen LogP contribution in [-0.2, 0) is 0 Å². The Hall–Kier alpha value is -2.15. The molecule has 0 bridgehead atoms. The van der Waals surface area contributed by atoms with Gasteiger partial charge >= 0.3 is 0 Å². The van der Waals surface area contributed by atoms with Crippen LogP contribution in [0.4, 0.5) is 5.82 Å². The third-order valence-electron chi connectivity index (χ3n) is 6.70. The number of piperidine rings is 1. The van der Waals surface area contributed by atoms with Gasteiger partial charge in [-0.1, -0.05) is 17.7 Å². The van der Waals surface area contributed by atoms with Crippen LogP contribution in [0.5, 0.6) is 0 Å². The number of nitrogens with zero attached hydrogens (tertiary/aromatic N) is 6. The molecule has 2 unspecified atom stereocenters. The number of pyridine rings is 2. The Morgan fingerprint density at radius 3 is 2.57 bits per heavy atom. The van der Waals surface area contributed by atoms with E-state index in [1.165, 1.54) is 5.82 Å². The van der Waals surface area contributed by atoms with Crippen molar-refractivity contribution in [2.24, 2.45) is 0 Å². The Bertz CT molecular complexity index is 1030. The minimum absolute atomic E-state index is 0.222. The Kier molecular flexibility index (Phi) is 5.39. The fraction of sp³-hybridized carbons (Fsp3) is 0.478. The molecule has 0 amide bonds. The molecule has 158 valence electrons. The Labute approximate surface area is 183 Å². The monoisotopic (exact) mass is 424 g/mol. The highest BCUT2D eigenvalue weighted by atomic mass is 35.5. The maximum absolute atomic E-state index is 6.48. The van der Waals surface area contributed by atoms with Gasteiger partial charge in [-0.05, 0) is 57.6 Å². The highest BCUT2D eigenvalue weighted by molar-refractivity contribution is 6.31. The summed E-state index contributed by atoms with van der Waals surface area (Å²) in [5.74, 6) is 1.24. The second-order valence-corrected chi connectivity index (χ2v) is 8.97. The van der Waals surface area contributed by atoms with Gasteiger partial charge in [0.05, 0.1) is 28.5 Å². The zero-order chi connectivity index (χ0) is 20.7. The molecule has 0 aliphatic carbocycles. The minimum atomic E-state index is 0.222. The molecule has 6 nitrogen and oxygen atoms in total. The van der Waals surface area contributed by atoms with Gasteiger partial charge in [-0.25, -0.2) is 4.98 Å². The van der Waals surface area contributed by atoms with Crippen molar-refractivity contribution in [1.82, 2.24) is 24.2 Å². The van der Waals surface area contributed by atoms with Crippen molar-refractivity contribution in [2.45, 2.75) is 31.3 Å². The molecular weight excluding hydrogens is 396 g/mol. The van der Waals surface area contributed by atoms with Crippen LogP contribution in [0.1, 0.15) is 42.7 Å². The normalized spacial score (nSPS) is 23.9. The highest BCUT2D eigenvalue weighted by Crippen LogP contribution is 2.41. The lowest BCUT2D eigenvalue weighted by molar-refractivity contribution is 0.110. The van der Waals surface area contributed by atoms with Crippen molar-refractivity contribution in [2.75, 3.05) is 45.2 Å². The summed E-state index contributed by atoms with van der Waals surface area (Å²) >= 11 is 6.48. The molecule has 2 aliphatic heterocycles. The Morgan fingerprint density at radius 2 is 1.77 bits per heavy atom. The molecule has 0 saturated carbocycles. The highest BCUT2D eigenvalue weighted by Gasteiger charge is 2.33. The van der Waals surface area contributed by atoms with Gasteiger partial charge in [0.25, 0.3) is 0 Å². The van der Waals surface area contributed by atoms with Gasteiger partial charge in [0.1, 0.15) is 11.5 Å². The van der Waals surface area contributed by atoms with E-state index in [1.54, 1.807) is 0 Å². The molecule has 5 heterocycles. The summed E-state index contributed by atoms with van der Waals surface area (Å²) in [7, 11) is 4.38. The van der Waals surface area contributed by atoms with Crippen molar-refractivity contribution in [3.05, 3.63) is 59.1 Å². The SMILES string of the molecule is CN1CCN(c2cccc3nc(C4CCCC(c5ncccc5Cl)N4C)cn23)CC1. The van der Waals surface area contributed by atoms with Crippen LogP contribution in [-0.4, -0.2) is 64.4 Å². The van der Waals surface area contributed by atoms with Gasteiger partial charge in [0, 0.05) is 38.6 Å². The second-order valence-electron chi connectivity index (χ2n) is 8.57. The molecule has 7 heteroatoms. The number of likely N-dealkylation sites (N-methyl/N-ethyl adjacent to an activating group) is 1. The zero-order valence-corrected chi connectivity index (χ0v) is 18.5. The van der Waals surface area contributed by atoms with Crippen LogP contribution >= 0.6 is 11.6 Å². The first-order valence-corrected chi connectivity index (χ1v) is 11.2. The molecule has 5 rings (SSSR count). The van der Waals surface area contributed by atoms with Crippen LogP contribution in [0.25, 0.3) is 5.65 Å². The van der Waals surface area contributed by atoms with Crippen LogP contribution in [0, 0.1) is 0 Å². The van der Waals surface area contributed by atoms with Gasteiger partial charge in [-0.3, -0.25) is 14.3 Å². The first kappa shape index (κ1) is 19.8. The average Bonchev–Trinajstić information content (AvgIpc) is 3.19. The van der Waals surface area contributed by atoms with Gasteiger partial charge in [-0.2, -0.15) is 0 Å². The largest absolute Gasteiger partial charge is 0.355 e.